The lowest BCUT2D eigenvalue weighted by molar-refractivity contribution is 0.113. The molecule has 1 aromatic rings. The minimum atomic E-state index is -0.405. The highest BCUT2D eigenvalue weighted by atomic mass is 35.5. The van der Waals surface area contributed by atoms with E-state index in [0.717, 1.165) is 0 Å². The minimum Gasteiger partial charge on any atom is -0.449 e. The maximum Gasteiger partial charge on any atom is 0.416 e. The number of guanidine groups is 1. The number of halogens is 2. The second-order valence-electron chi connectivity index (χ2n) is 5.08. The SMILES string of the molecule is CC(C)COC(=O)N1CCN/C1=N\c1ccc(Cl)cc1Cl. The summed E-state index contributed by atoms with van der Waals surface area (Å²) in [6.07, 6.45) is -0.405. The summed E-state index contributed by atoms with van der Waals surface area (Å²) in [6, 6.07) is 5.01. The summed E-state index contributed by atoms with van der Waals surface area (Å²) in [4.78, 5) is 17.9. The third-order valence-electron chi connectivity index (χ3n) is 2.77. The van der Waals surface area contributed by atoms with E-state index in [4.69, 9.17) is 27.9 Å². The van der Waals surface area contributed by atoms with Gasteiger partial charge in [-0.2, -0.15) is 0 Å². The van der Waals surface area contributed by atoms with E-state index in [0.29, 0.717) is 41.4 Å². The quantitative estimate of drug-likeness (QED) is 0.920. The van der Waals surface area contributed by atoms with Crippen LogP contribution in [0, 0.1) is 5.92 Å². The van der Waals surface area contributed by atoms with Crippen molar-refractivity contribution in [1.29, 1.82) is 0 Å². The van der Waals surface area contributed by atoms with Crippen molar-refractivity contribution in [3.8, 4) is 0 Å². The molecule has 0 aliphatic carbocycles. The molecule has 5 nitrogen and oxygen atoms in total. The predicted molar refractivity (Wildman–Crippen MR) is 84.5 cm³/mol. The zero-order valence-electron chi connectivity index (χ0n) is 11.9. The Hall–Kier alpha value is -1.46. The molecular formula is C14H17Cl2N3O2. The molecule has 114 valence electrons. The van der Waals surface area contributed by atoms with Gasteiger partial charge in [-0.1, -0.05) is 37.0 Å². The molecule has 1 aromatic carbocycles. The fraction of sp³-hybridized carbons (Fsp3) is 0.429. The second kappa shape index (κ2) is 7.00. The molecule has 0 aromatic heterocycles. The van der Waals surface area contributed by atoms with E-state index >= 15 is 0 Å². The van der Waals surface area contributed by atoms with Crippen molar-refractivity contribution >= 4 is 40.9 Å². The Kier molecular flexibility index (Phi) is 5.31. The lowest BCUT2D eigenvalue weighted by Gasteiger charge is -2.16. The van der Waals surface area contributed by atoms with Crippen LogP contribution in [0.5, 0.6) is 0 Å². The van der Waals surface area contributed by atoms with Gasteiger partial charge in [0.05, 0.1) is 17.3 Å². The molecule has 0 atom stereocenters. The molecule has 1 amide bonds. The Morgan fingerprint density at radius 2 is 2.24 bits per heavy atom. The molecule has 1 aliphatic heterocycles. The van der Waals surface area contributed by atoms with Gasteiger partial charge in [-0.25, -0.2) is 14.7 Å². The number of hydrogen-bond acceptors (Lipinski definition) is 3. The van der Waals surface area contributed by atoms with Gasteiger partial charge in [-0.05, 0) is 24.1 Å². The van der Waals surface area contributed by atoms with E-state index < -0.39 is 6.09 Å². The Bertz CT molecular complexity index is 561. The minimum absolute atomic E-state index is 0.288. The van der Waals surface area contributed by atoms with E-state index in [1.807, 2.05) is 13.8 Å². The van der Waals surface area contributed by atoms with Crippen molar-refractivity contribution < 1.29 is 9.53 Å². The second-order valence-corrected chi connectivity index (χ2v) is 5.92. The molecule has 21 heavy (non-hydrogen) atoms. The summed E-state index contributed by atoms with van der Waals surface area (Å²) in [6.45, 7) is 5.49. The molecule has 1 saturated heterocycles. The van der Waals surface area contributed by atoms with Crippen molar-refractivity contribution in [3.63, 3.8) is 0 Å². The number of carbonyl (C=O) groups is 1. The largest absolute Gasteiger partial charge is 0.449 e. The Morgan fingerprint density at radius 3 is 2.90 bits per heavy atom. The van der Waals surface area contributed by atoms with Crippen molar-refractivity contribution in [2.75, 3.05) is 19.7 Å². The average Bonchev–Trinajstić information content (AvgIpc) is 2.87. The molecule has 7 heteroatoms. The molecule has 0 unspecified atom stereocenters. The number of rotatable bonds is 3. The first-order chi connectivity index (χ1) is 9.97. The fourth-order valence-corrected chi connectivity index (χ4v) is 2.21. The fourth-order valence-electron chi connectivity index (χ4n) is 1.76. The van der Waals surface area contributed by atoms with E-state index in [2.05, 4.69) is 10.3 Å². The van der Waals surface area contributed by atoms with Gasteiger partial charge < -0.3 is 10.1 Å². The van der Waals surface area contributed by atoms with Crippen LogP contribution >= 0.6 is 23.2 Å². The maximum absolute atomic E-state index is 12.0. The van der Waals surface area contributed by atoms with E-state index in [1.165, 1.54) is 4.90 Å². The van der Waals surface area contributed by atoms with E-state index in [9.17, 15) is 4.79 Å². The summed E-state index contributed by atoms with van der Waals surface area (Å²) in [7, 11) is 0. The molecule has 0 spiro atoms. The lowest BCUT2D eigenvalue weighted by Crippen LogP contribution is -2.36. The monoisotopic (exact) mass is 329 g/mol. The predicted octanol–water partition coefficient (Wildman–Crippen LogP) is 3.68. The number of hydrogen-bond donors (Lipinski definition) is 1. The van der Waals surface area contributed by atoms with Crippen molar-refractivity contribution in [3.05, 3.63) is 28.2 Å². The maximum atomic E-state index is 12.0. The van der Waals surface area contributed by atoms with Crippen molar-refractivity contribution in [2.24, 2.45) is 10.9 Å². The molecule has 1 N–H and O–H groups in total. The summed E-state index contributed by atoms with van der Waals surface area (Å²) >= 11 is 11.9. The number of ether oxygens (including phenoxy) is 1. The van der Waals surface area contributed by atoms with Gasteiger partial charge in [0.2, 0.25) is 5.96 Å². The Labute approximate surface area is 133 Å². The first kappa shape index (κ1) is 15.9. The summed E-state index contributed by atoms with van der Waals surface area (Å²) in [5.74, 6) is 0.726. The van der Waals surface area contributed by atoms with E-state index in [-0.39, 0.29) is 5.92 Å². The molecule has 1 heterocycles. The third kappa shape index (κ3) is 4.25. The van der Waals surface area contributed by atoms with Crippen LogP contribution in [0.4, 0.5) is 10.5 Å². The van der Waals surface area contributed by atoms with Crippen LogP contribution in [0.1, 0.15) is 13.8 Å². The third-order valence-corrected chi connectivity index (χ3v) is 3.31. The van der Waals surface area contributed by atoms with Gasteiger partial charge in [0.15, 0.2) is 0 Å². The zero-order valence-corrected chi connectivity index (χ0v) is 13.4. The van der Waals surface area contributed by atoms with Gasteiger partial charge in [0, 0.05) is 18.1 Å². The Morgan fingerprint density at radius 1 is 1.48 bits per heavy atom. The zero-order chi connectivity index (χ0) is 15.4. The molecule has 2 rings (SSSR count). The lowest BCUT2D eigenvalue weighted by atomic mass is 10.2. The highest BCUT2D eigenvalue weighted by molar-refractivity contribution is 6.36. The number of amides is 1. The normalized spacial score (nSPS) is 16.4. The number of carbonyl (C=O) groups excluding carboxylic acids is 1. The first-order valence-electron chi connectivity index (χ1n) is 6.69. The summed E-state index contributed by atoms with van der Waals surface area (Å²) < 4.78 is 5.22. The van der Waals surface area contributed by atoms with E-state index in [1.54, 1.807) is 18.2 Å². The summed E-state index contributed by atoms with van der Waals surface area (Å²) in [5, 5.41) is 4.02. The van der Waals surface area contributed by atoms with Crippen LogP contribution in [0.3, 0.4) is 0 Å². The average molecular weight is 330 g/mol. The number of nitrogens with one attached hydrogen (secondary N) is 1. The van der Waals surface area contributed by atoms with Gasteiger partial charge in [0.25, 0.3) is 0 Å². The molecule has 0 radical (unpaired) electrons. The van der Waals surface area contributed by atoms with Crippen LogP contribution in [0.25, 0.3) is 0 Å². The molecule has 1 fully saturated rings. The van der Waals surface area contributed by atoms with Crippen LogP contribution in [-0.4, -0.2) is 36.6 Å². The van der Waals surface area contributed by atoms with Gasteiger partial charge in [-0.3, -0.25) is 0 Å². The van der Waals surface area contributed by atoms with Crippen molar-refractivity contribution in [2.45, 2.75) is 13.8 Å². The molecule has 0 bridgehead atoms. The molecular weight excluding hydrogens is 313 g/mol. The van der Waals surface area contributed by atoms with Gasteiger partial charge in [0.1, 0.15) is 0 Å². The highest BCUT2D eigenvalue weighted by Gasteiger charge is 2.26. The topological polar surface area (TPSA) is 53.9 Å². The van der Waals surface area contributed by atoms with Gasteiger partial charge in [-0.15, -0.1) is 0 Å². The van der Waals surface area contributed by atoms with Crippen LogP contribution in [-0.2, 0) is 4.74 Å². The number of aliphatic imine (C=N–C) groups is 1. The summed E-state index contributed by atoms with van der Waals surface area (Å²) in [5.41, 5.74) is 0.548. The van der Waals surface area contributed by atoms with Crippen LogP contribution in [0.15, 0.2) is 23.2 Å². The Balaban J connectivity index is 2.14. The standard InChI is InChI=1S/C14H17Cl2N3O2/c1-9(2)8-21-14(20)19-6-5-17-13(19)18-12-4-3-10(15)7-11(12)16/h3-4,7,9H,5-6,8H2,1-2H3,(H,17,18). The van der Waals surface area contributed by atoms with Crippen LogP contribution < -0.4 is 5.32 Å². The molecule has 1 aliphatic rings. The smallest absolute Gasteiger partial charge is 0.416 e. The van der Waals surface area contributed by atoms with Crippen LogP contribution in [0.2, 0.25) is 10.0 Å². The molecule has 0 saturated carbocycles. The van der Waals surface area contributed by atoms with Gasteiger partial charge >= 0.3 is 6.09 Å². The number of benzene rings is 1. The first-order valence-corrected chi connectivity index (χ1v) is 7.45. The highest BCUT2D eigenvalue weighted by Crippen LogP contribution is 2.28. The van der Waals surface area contributed by atoms with Crippen molar-refractivity contribution in [1.82, 2.24) is 10.2 Å². The number of nitrogens with zero attached hydrogens (tertiary/aromatic N) is 2.